The maximum atomic E-state index is 12.8. The SMILES string of the molecule is CCc1ccc(Oc2nc3ccc(N=O)cc3s2)cc1C1=C(O)CC(C)(C)CC1=O. The fourth-order valence-corrected chi connectivity index (χ4v) is 4.72. The molecule has 0 amide bonds. The first-order chi connectivity index (χ1) is 14.3. The Balaban J connectivity index is 1.71. The highest BCUT2D eigenvalue weighted by atomic mass is 32.1. The topological polar surface area (TPSA) is 88.8 Å². The number of aliphatic hydroxyl groups is 1. The van der Waals surface area contributed by atoms with Crippen LogP contribution in [0.4, 0.5) is 5.69 Å². The van der Waals surface area contributed by atoms with E-state index in [2.05, 4.69) is 10.2 Å². The molecule has 1 aliphatic carbocycles. The van der Waals surface area contributed by atoms with Gasteiger partial charge in [0.1, 0.15) is 17.2 Å². The van der Waals surface area contributed by atoms with Crippen molar-refractivity contribution in [2.24, 2.45) is 10.6 Å². The Morgan fingerprint density at radius 1 is 1.20 bits per heavy atom. The minimum atomic E-state index is -0.249. The molecule has 1 heterocycles. The monoisotopic (exact) mass is 422 g/mol. The van der Waals surface area contributed by atoms with E-state index in [9.17, 15) is 14.8 Å². The number of carbonyl (C=O) groups is 1. The van der Waals surface area contributed by atoms with Crippen molar-refractivity contribution in [3.63, 3.8) is 0 Å². The predicted molar refractivity (Wildman–Crippen MR) is 119 cm³/mol. The third-order valence-electron chi connectivity index (χ3n) is 5.25. The Labute approximate surface area is 178 Å². The molecule has 30 heavy (non-hydrogen) atoms. The molecule has 0 unspecified atom stereocenters. The molecule has 7 heteroatoms. The molecular formula is C23H22N2O4S. The summed E-state index contributed by atoms with van der Waals surface area (Å²) in [7, 11) is 0. The van der Waals surface area contributed by atoms with Gasteiger partial charge >= 0.3 is 0 Å². The highest BCUT2D eigenvalue weighted by Crippen LogP contribution is 2.41. The number of ketones is 1. The van der Waals surface area contributed by atoms with E-state index in [1.54, 1.807) is 24.3 Å². The van der Waals surface area contributed by atoms with E-state index in [-0.39, 0.29) is 17.0 Å². The number of ether oxygens (including phenoxy) is 1. The third kappa shape index (κ3) is 3.85. The van der Waals surface area contributed by atoms with Gasteiger partial charge in [-0.1, -0.05) is 38.2 Å². The molecule has 3 aromatic rings. The molecule has 4 rings (SSSR count). The van der Waals surface area contributed by atoms with Crippen LogP contribution in [0.2, 0.25) is 0 Å². The van der Waals surface area contributed by atoms with E-state index in [4.69, 9.17) is 4.74 Å². The standard InChI is InChI=1S/C23H22N2O4S/c1-4-13-5-7-15(10-16(13)21-18(26)11-23(2,3)12-19(21)27)29-22-24-17-8-6-14(25-28)9-20(17)30-22/h5-10,26H,4,11-12H2,1-3H3. The van der Waals surface area contributed by atoms with Gasteiger partial charge in [-0.2, -0.15) is 0 Å². The summed E-state index contributed by atoms with van der Waals surface area (Å²) in [6.45, 7) is 5.98. The quantitative estimate of drug-likeness (QED) is 0.462. The zero-order valence-corrected chi connectivity index (χ0v) is 17.9. The zero-order valence-electron chi connectivity index (χ0n) is 17.1. The van der Waals surface area contributed by atoms with Crippen LogP contribution >= 0.6 is 11.3 Å². The number of aryl methyl sites for hydroxylation is 1. The van der Waals surface area contributed by atoms with Crippen molar-refractivity contribution in [2.45, 2.75) is 40.0 Å². The molecule has 0 aliphatic heterocycles. The van der Waals surface area contributed by atoms with Gasteiger partial charge in [-0.3, -0.25) is 4.79 Å². The number of aliphatic hydroxyl groups excluding tert-OH is 1. The fraction of sp³-hybridized carbons (Fsp3) is 0.304. The molecule has 6 nitrogen and oxygen atoms in total. The molecular weight excluding hydrogens is 400 g/mol. The molecule has 1 N–H and O–H groups in total. The van der Waals surface area contributed by atoms with Crippen LogP contribution in [0.5, 0.6) is 10.9 Å². The number of Topliss-reactive ketones (excluding diaryl/α,β-unsaturated/α-hetero) is 1. The van der Waals surface area contributed by atoms with Crippen molar-refractivity contribution >= 4 is 38.6 Å². The molecule has 0 bridgehead atoms. The number of fused-ring (bicyclic) bond motifs is 1. The minimum absolute atomic E-state index is 0.0514. The number of rotatable bonds is 5. The van der Waals surface area contributed by atoms with Crippen LogP contribution in [-0.2, 0) is 11.2 Å². The molecule has 0 spiro atoms. The molecule has 1 aliphatic rings. The van der Waals surface area contributed by atoms with E-state index in [0.717, 1.165) is 22.2 Å². The van der Waals surface area contributed by atoms with E-state index in [1.165, 1.54) is 11.3 Å². The largest absolute Gasteiger partial charge is 0.512 e. The lowest BCUT2D eigenvalue weighted by molar-refractivity contribution is -0.116. The Hall–Kier alpha value is -3.06. The van der Waals surface area contributed by atoms with Gasteiger partial charge in [0.25, 0.3) is 5.19 Å². The van der Waals surface area contributed by atoms with Gasteiger partial charge in [-0.05, 0) is 58.5 Å². The number of benzene rings is 2. The molecule has 2 aromatic carbocycles. The van der Waals surface area contributed by atoms with Gasteiger partial charge in [0.05, 0.1) is 15.8 Å². The van der Waals surface area contributed by atoms with Crippen molar-refractivity contribution in [1.82, 2.24) is 4.98 Å². The van der Waals surface area contributed by atoms with Gasteiger partial charge in [-0.15, -0.1) is 4.91 Å². The van der Waals surface area contributed by atoms with Crippen LogP contribution < -0.4 is 4.74 Å². The number of allylic oxidation sites excluding steroid dienone is 2. The second-order valence-electron chi connectivity index (χ2n) is 8.26. The molecule has 0 atom stereocenters. The first-order valence-electron chi connectivity index (χ1n) is 9.80. The summed E-state index contributed by atoms with van der Waals surface area (Å²) in [6, 6.07) is 10.6. The first-order valence-corrected chi connectivity index (χ1v) is 10.6. The fourth-order valence-electron chi connectivity index (χ4n) is 3.85. The number of carbonyl (C=O) groups excluding carboxylic acids is 1. The number of hydrogen-bond acceptors (Lipinski definition) is 7. The Bertz CT molecular complexity index is 1190. The summed E-state index contributed by atoms with van der Waals surface area (Å²) in [4.78, 5) is 28.0. The van der Waals surface area contributed by atoms with Gasteiger partial charge < -0.3 is 9.84 Å². The second-order valence-corrected chi connectivity index (χ2v) is 9.25. The summed E-state index contributed by atoms with van der Waals surface area (Å²) >= 11 is 1.31. The van der Waals surface area contributed by atoms with Crippen LogP contribution in [0, 0.1) is 10.3 Å². The highest BCUT2D eigenvalue weighted by molar-refractivity contribution is 7.20. The van der Waals surface area contributed by atoms with Gasteiger partial charge in [0, 0.05) is 12.8 Å². The lowest BCUT2D eigenvalue weighted by Gasteiger charge is -2.30. The smallest absolute Gasteiger partial charge is 0.279 e. The maximum Gasteiger partial charge on any atom is 0.279 e. The average Bonchev–Trinajstić information content (AvgIpc) is 3.08. The predicted octanol–water partition coefficient (Wildman–Crippen LogP) is 6.71. The van der Waals surface area contributed by atoms with Crippen LogP contribution in [0.3, 0.4) is 0 Å². The van der Waals surface area contributed by atoms with Crippen molar-refractivity contribution in [2.75, 3.05) is 0 Å². The normalized spacial score (nSPS) is 16.2. The van der Waals surface area contributed by atoms with E-state index in [0.29, 0.717) is 40.6 Å². The van der Waals surface area contributed by atoms with Gasteiger partial charge in [-0.25, -0.2) is 4.98 Å². The van der Waals surface area contributed by atoms with Crippen LogP contribution in [0.15, 0.2) is 47.3 Å². The van der Waals surface area contributed by atoms with E-state index in [1.807, 2.05) is 32.9 Å². The van der Waals surface area contributed by atoms with Crippen molar-refractivity contribution < 1.29 is 14.6 Å². The molecule has 0 saturated heterocycles. The average molecular weight is 423 g/mol. The molecule has 154 valence electrons. The number of nitroso groups, excluding NO2 is 1. The Kier molecular flexibility index (Phi) is 5.15. The maximum absolute atomic E-state index is 12.8. The van der Waals surface area contributed by atoms with Crippen LogP contribution in [0.1, 0.15) is 44.7 Å². The number of aromatic nitrogens is 1. The molecule has 0 fully saturated rings. The Morgan fingerprint density at radius 3 is 2.70 bits per heavy atom. The zero-order chi connectivity index (χ0) is 21.5. The first kappa shape index (κ1) is 20.2. The minimum Gasteiger partial charge on any atom is -0.512 e. The highest BCUT2D eigenvalue weighted by Gasteiger charge is 2.34. The van der Waals surface area contributed by atoms with Crippen LogP contribution in [0.25, 0.3) is 15.8 Å². The lowest BCUT2D eigenvalue weighted by atomic mass is 9.74. The van der Waals surface area contributed by atoms with Gasteiger partial charge in [0.15, 0.2) is 5.78 Å². The van der Waals surface area contributed by atoms with Crippen molar-refractivity contribution in [1.29, 1.82) is 0 Å². The summed E-state index contributed by atoms with van der Waals surface area (Å²) in [6.07, 6.45) is 1.59. The van der Waals surface area contributed by atoms with Crippen LogP contribution in [-0.4, -0.2) is 15.9 Å². The van der Waals surface area contributed by atoms with E-state index >= 15 is 0 Å². The molecule has 0 saturated carbocycles. The Morgan fingerprint density at radius 2 is 2.00 bits per heavy atom. The third-order valence-corrected chi connectivity index (χ3v) is 6.14. The van der Waals surface area contributed by atoms with Crippen molar-refractivity contribution in [3.05, 3.63) is 58.2 Å². The number of thiazole rings is 1. The second kappa shape index (κ2) is 7.65. The van der Waals surface area contributed by atoms with Gasteiger partial charge in [0.2, 0.25) is 0 Å². The summed E-state index contributed by atoms with van der Waals surface area (Å²) in [5.41, 5.74) is 2.89. The van der Waals surface area contributed by atoms with Crippen molar-refractivity contribution in [3.8, 4) is 10.9 Å². The molecule has 0 radical (unpaired) electrons. The summed E-state index contributed by atoms with van der Waals surface area (Å²) in [5, 5.41) is 14.0. The summed E-state index contributed by atoms with van der Waals surface area (Å²) < 4.78 is 6.77. The lowest BCUT2D eigenvalue weighted by Crippen LogP contribution is -2.25. The summed E-state index contributed by atoms with van der Waals surface area (Å²) in [5.74, 6) is 0.620. The number of hydrogen-bond donors (Lipinski definition) is 1. The molecule has 1 aromatic heterocycles. The number of nitrogens with zero attached hydrogens (tertiary/aromatic N) is 2. The van der Waals surface area contributed by atoms with E-state index < -0.39 is 0 Å².